The highest BCUT2D eigenvalue weighted by atomic mass is 31.2. The van der Waals surface area contributed by atoms with Crippen LogP contribution in [0.4, 0.5) is 0 Å². The Hall–Kier alpha value is -2.29. The van der Waals surface area contributed by atoms with Crippen LogP contribution in [-0.4, -0.2) is 6.61 Å². The van der Waals surface area contributed by atoms with Crippen LogP contribution in [0.5, 0.6) is 11.5 Å². The second-order valence-electron chi connectivity index (χ2n) is 6.42. The molecular formula is C22H27O4P. The number of allylic oxidation sites excluding steroid dienone is 3. The predicted octanol–water partition coefficient (Wildman–Crippen LogP) is 6.96. The summed E-state index contributed by atoms with van der Waals surface area (Å²) < 4.78 is 29.8. The zero-order valence-electron chi connectivity index (χ0n) is 16.1. The van der Waals surface area contributed by atoms with Gasteiger partial charge in [0.05, 0.1) is 6.61 Å². The van der Waals surface area contributed by atoms with Crippen molar-refractivity contribution in [2.24, 2.45) is 0 Å². The lowest BCUT2D eigenvalue weighted by atomic mass is 10.1. The summed E-state index contributed by atoms with van der Waals surface area (Å²) in [4.78, 5) is 0. The number of hydrogen-bond acceptors (Lipinski definition) is 4. The van der Waals surface area contributed by atoms with E-state index in [2.05, 4.69) is 19.9 Å². The maximum Gasteiger partial charge on any atom is 0.587 e. The molecule has 0 amide bonds. The van der Waals surface area contributed by atoms with Gasteiger partial charge in [0.1, 0.15) is 11.5 Å². The highest BCUT2D eigenvalue weighted by Gasteiger charge is 2.30. The zero-order chi connectivity index (χ0) is 19.5. The van der Waals surface area contributed by atoms with E-state index < -0.39 is 7.82 Å². The van der Waals surface area contributed by atoms with Gasteiger partial charge in [-0.3, -0.25) is 4.52 Å². The van der Waals surface area contributed by atoms with Crippen LogP contribution in [-0.2, 0) is 9.09 Å². The molecule has 2 aromatic carbocycles. The fourth-order valence-corrected chi connectivity index (χ4v) is 3.41. The normalized spacial score (nSPS) is 11.7. The van der Waals surface area contributed by atoms with Gasteiger partial charge in [-0.15, -0.1) is 0 Å². The molecular weight excluding hydrogens is 359 g/mol. The molecule has 0 fully saturated rings. The number of phosphoric acid groups is 1. The van der Waals surface area contributed by atoms with E-state index in [0.717, 1.165) is 12.8 Å². The van der Waals surface area contributed by atoms with Gasteiger partial charge in [-0.25, -0.2) is 4.57 Å². The summed E-state index contributed by atoms with van der Waals surface area (Å²) in [5, 5.41) is 0. The summed E-state index contributed by atoms with van der Waals surface area (Å²) in [5.74, 6) is 0.863. The molecule has 0 aliphatic carbocycles. The third-order valence-corrected chi connectivity index (χ3v) is 5.01. The van der Waals surface area contributed by atoms with Crippen LogP contribution >= 0.6 is 7.82 Å². The van der Waals surface area contributed by atoms with Crippen molar-refractivity contribution in [3.8, 4) is 11.5 Å². The molecule has 0 atom stereocenters. The summed E-state index contributed by atoms with van der Waals surface area (Å²) in [6.45, 7) is 6.35. The minimum Gasteiger partial charge on any atom is -0.395 e. The molecule has 0 N–H and O–H groups in total. The molecule has 4 nitrogen and oxygen atoms in total. The van der Waals surface area contributed by atoms with Crippen molar-refractivity contribution >= 4 is 7.82 Å². The van der Waals surface area contributed by atoms with Crippen molar-refractivity contribution in [3.63, 3.8) is 0 Å². The molecule has 144 valence electrons. The first-order valence-corrected chi connectivity index (χ1v) is 10.5. The lowest BCUT2D eigenvalue weighted by Crippen LogP contribution is -2.05. The molecule has 0 aliphatic heterocycles. The predicted molar refractivity (Wildman–Crippen MR) is 110 cm³/mol. The molecule has 0 aliphatic rings. The number of rotatable bonds is 10. The SMILES string of the molecule is CC(C)=CCC/C(C)=C\COP(=O)(Oc1ccccc1)Oc1ccccc1. The Morgan fingerprint density at radius 3 is 1.85 bits per heavy atom. The van der Waals surface area contributed by atoms with Crippen molar-refractivity contribution in [2.45, 2.75) is 33.6 Å². The lowest BCUT2D eigenvalue weighted by Gasteiger charge is -2.18. The minimum atomic E-state index is -3.82. The molecule has 0 spiro atoms. The van der Waals surface area contributed by atoms with Crippen LogP contribution in [0, 0.1) is 0 Å². The van der Waals surface area contributed by atoms with Gasteiger partial charge in [0.2, 0.25) is 0 Å². The molecule has 0 bridgehead atoms. The van der Waals surface area contributed by atoms with E-state index in [0.29, 0.717) is 11.5 Å². The van der Waals surface area contributed by atoms with Gasteiger partial charge in [0, 0.05) is 0 Å². The van der Waals surface area contributed by atoms with Crippen molar-refractivity contribution in [1.82, 2.24) is 0 Å². The zero-order valence-corrected chi connectivity index (χ0v) is 17.0. The van der Waals surface area contributed by atoms with Gasteiger partial charge in [-0.2, -0.15) is 0 Å². The summed E-state index contributed by atoms with van der Waals surface area (Å²) in [5.41, 5.74) is 2.47. The molecule has 0 radical (unpaired) electrons. The average molecular weight is 386 g/mol. The van der Waals surface area contributed by atoms with Crippen LogP contribution in [0.25, 0.3) is 0 Å². The van der Waals surface area contributed by atoms with Crippen molar-refractivity contribution in [2.75, 3.05) is 6.61 Å². The third kappa shape index (κ3) is 8.29. The number of para-hydroxylation sites is 2. The Balaban J connectivity index is 2.03. The topological polar surface area (TPSA) is 44.8 Å². The summed E-state index contributed by atoms with van der Waals surface area (Å²) >= 11 is 0. The van der Waals surface area contributed by atoms with Crippen LogP contribution < -0.4 is 9.05 Å². The van der Waals surface area contributed by atoms with E-state index in [9.17, 15) is 4.57 Å². The molecule has 27 heavy (non-hydrogen) atoms. The van der Waals surface area contributed by atoms with E-state index in [1.54, 1.807) is 48.5 Å². The van der Waals surface area contributed by atoms with Crippen molar-refractivity contribution in [1.29, 1.82) is 0 Å². The second-order valence-corrected chi connectivity index (χ2v) is 7.94. The Morgan fingerprint density at radius 2 is 1.37 bits per heavy atom. The summed E-state index contributed by atoms with van der Waals surface area (Å²) in [6, 6.07) is 17.8. The number of benzene rings is 2. The van der Waals surface area contributed by atoms with E-state index in [4.69, 9.17) is 13.6 Å². The molecule has 0 aromatic heterocycles. The number of hydrogen-bond donors (Lipinski definition) is 0. The molecule has 2 rings (SSSR count). The van der Waals surface area contributed by atoms with E-state index in [1.807, 2.05) is 25.1 Å². The maximum absolute atomic E-state index is 13.1. The monoisotopic (exact) mass is 386 g/mol. The fourth-order valence-electron chi connectivity index (χ4n) is 2.25. The van der Waals surface area contributed by atoms with E-state index in [1.165, 1.54) is 11.1 Å². The molecule has 5 heteroatoms. The molecule has 0 saturated heterocycles. The summed E-state index contributed by atoms with van der Waals surface area (Å²) in [7, 11) is -3.82. The average Bonchev–Trinajstić information content (AvgIpc) is 2.63. The Labute approximate surface area is 162 Å². The largest absolute Gasteiger partial charge is 0.587 e. The molecule has 0 saturated carbocycles. The second kappa shape index (κ2) is 10.8. The van der Waals surface area contributed by atoms with Gasteiger partial charge < -0.3 is 9.05 Å². The van der Waals surface area contributed by atoms with E-state index >= 15 is 0 Å². The minimum absolute atomic E-state index is 0.150. The van der Waals surface area contributed by atoms with Gasteiger partial charge >= 0.3 is 7.82 Å². The first-order valence-electron chi connectivity index (χ1n) is 9.00. The molecule has 2 aromatic rings. The van der Waals surface area contributed by atoms with Crippen molar-refractivity contribution in [3.05, 3.63) is 84.0 Å². The fraction of sp³-hybridized carbons (Fsp3) is 0.273. The molecule has 0 unspecified atom stereocenters. The van der Waals surface area contributed by atoms with E-state index in [-0.39, 0.29) is 6.61 Å². The molecule has 0 heterocycles. The van der Waals surface area contributed by atoms with Crippen molar-refractivity contribution < 1.29 is 18.1 Å². The quantitative estimate of drug-likeness (QED) is 0.327. The van der Waals surface area contributed by atoms with Gasteiger partial charge in [0.25, 0.3) is 0 Å². The van der Waals surface area contributed by atoms with Gasteiger partial charge in [-0.05, 0) is 57.9 Å². The van der Waals surface area contributed by atoms with Gasteiger partial charge in [0.15, 0.2) is 0 Å². The summed E-state index contributed by atoms with van der Waals surface area (Å²) in [6.07, 6.45) is 6.01. The highest BCUT2D eigenvalue weighted by Crippen LogP contribution is 2.49. The standard InChI is InChI=1S/C22H27O4P/c1-19(2)11-10-12-20(3)17-18-24-27(23,25-21-13-6-4-7-14-21)26-22-15-8-5-9-16-22/h4-9,11,13-17H,10,12,18H2,1-3H3/b20-17-. The first-order chi connectivity index (χ1) is 13.0. The smallest absolute Gasteiger partial charge is 0.395 e. The Morgan fingerprint density at radius 1 is 0.852 bits per heavy atom. The van der Waals surface area contributed by atoms with Crippen LogP contribution in [0.1, 0.15) is 33.6 Å². The maximum atomic E-state index is 13.1. The third-order valence-electron chi connectivity index (χ3n) is 3.68. The van der Waals surface area contributed by atoms with Gasteiger partial charge in [-0.1, -0.05) is 59.7 Å². The first kappa shape index (κ1) is 21.0. The number of phosphoric ester groups is 1. The lowest BCUT2D eigenvalue weighted by molar-refractivity contribution is 0.229. The Bertz CT molecular complexity index is 748. The highest BCUT2D eigenvalue weighted by molar-refractivity contribution is 7.49. The van der Waals surface area contributed by atoms with Crippen LogP contribution in [0.3, 0.4) is 0 Å². The van der Waals surface area contributed by atoms with Crippen LogP contribution in [0.15, 0.2) is 84.0 Å². The Kier molecular flexibility index (Phi) is 8.38. The van der Waals surface area contributed by atoms with Crippen LogP contribution in [0.2, 0.25) is 0 Å².